The molecular formula is C20H25N5O3. The molecule has 0 N–H and O–H groups in total. The number of ether oxygens (including phenoxy) is 1. The average molecular weight is 383 g/mol. The predicted molar refractivity (Wildman–Crippen MR) is 101 cm³/mol. The molecule has 2 bridgehead atoms. The van der Waals surface area contributed by atoms with E-state index in [0.29, 0.717) is 24.4 Å². The van der Waals surface area contributed by atoms with Gasteiger partial charge < -0.3 is 9.64 Å². The Bertz CT molecular complexity index is 843. The number of Topliss-reactive ketones (excluding diaryl/α,β-unsaturated/α-hetero) is 1. The van der Waals surface area contributed by atoms with Crippen molar-refractivity contribution in [1.29, 1.82) is 0 Å². The van der Waals surface area contributed by atoms with E-state index in [1.54, 1.807) is 35.7 Å². The molecule has 8 nitrogen and oxygen atoms in total. The Balaban J connectivity index is 1.44. The van der Waals surface area contributed by atoms with Crippen LogP contribution in [0.3, 0.4) is 0 Å². The Labute approximate surface area is 163 Å². The van der Waals surface area contributed by atoms with Crippen LogP contribution in [0.4, 0.5) is 4.79 Å². The molecule has 2 aliphatic heterocycles. The molecule has 2 saturated heterocycles. The number of carbonyl (C=O) groups is 2. The number of hydrogen-bond acceptors (Lipinski definition) is 6. The summed E-state index contributed by atoms with van der Waals surface area (Å²) in [5.74, 6) is 0.422. The van der Waals surface area contributed by atoms with Crippen molar-refractivity contribution < 1.29 is 14.3 Å². The lowest BCUT2D eigenvalue weighted by Gasteiger charge is -2.39. The Kier molecular flexibility index (Phi) is 4.64. The molecule has 2 fully saturated rings. The van der Waals surface area contributed by atoms with Crippen molar-refractivity contribution in [3.63, 3.8) is 0 Å². The van der Waals surface area contributed by atoms with Crippen LogP contribution in [-0.2, 0) is 4.74 Å². The van der Waals surface area contributed by atoms with E-state index in [1.165, 1.54) is 0 Å². The van der Waals surface area contributed by atoms with Crippen LogP contribution in [0.15, 0.2) is 31.1 Å². The highest BCUT2D eigenvalue weighted by atomic mass is 16.6. The second kappa shape index (κ2) is 7.00. The molecule has 2 aliphatic rings. The Morgan fingerprint density at radius 1 is 1.11 bits per heavy atom. The van der Waals surface area contributed by atoms with Crippen molar-refractivity contribution in [1.82, 2.24) is 24.4 Å². The number of carbonyl (C=O) groups excluding carboxylic acids is 2. The van der Waals surface area contributed by atoms with Gasteiger partial charge in [-0.25, -0.2) is 19.7 Å². The van der Waals surface area contributed by atoms with Gasteiger partial charge in [0.15, 0.2) is 5.78 Å². The van der Waals surface area contributed by atoms with Crippen LogP contribution in [0.25, 0.3) is 5.95 Å². The van der Waals surface area contributed by atoms with Crippen LogP contribution in [0, 0.1) is 5.92 Å². The number of amides is 1. The van der Waals surface area contributed by atoms with Gasteiger partial charge in [-0.2, -0.15) is 0 Å². The van der Waals surface area contributed by atoms with E-state index in [0.717, 1.165) is 12.8 Å². The van der Waals surface area contributed by atoms with Crippen molar-refractivity contribution in [3.05, 3.63) is 36.7 Å². The molecule has 2 unspecified atom stereocenters. The van der Waals surface area contributed by atoms with Gasteiger partial charge in [0, 0.05) is 42.8 Å². The first-order valence-corrected chi connectivity index (χ1v) is 9.68. The molecule has 0 aliphatic carbocycles. The maximum Gasteiger partial charge on any atom is 0.410 e. The normalized spacial score (nSPS) is 24.2. The average Bonchev–Trinajstić information content (AvgIpc) is 3.26. The van der Waals surface area contributed by atoms with Gasteiger partial charge in [-0.05, 0) is 46.5 Å². The summed E-state index contributed by atoms with van der Waals surface area (Å²) in [5.41, 5.74) is -0.00341. The summed E-state index contributed by atoms with van der Waals surface area (Å²) in [7, 11) is 0. The van der Waals surface area contributed by atoms with Gasteiger partial charge in [-0.1, -0.05) is 0 Å². The zero-order valence-corrected chi connectivity index (χ0v) is 16.4. The molecule has 4 heterocycles. The third-order valence-corrected chi connectivity index (χ3v) is 5.37. The fraction of sp³-hybridized carbons (Fsp3) is 0.550. The lowest BCUT2D eigenvalue weighted by molar-refractivity contribution is 0.00253. The maximum absolute atomic E-state index is 13.0. The van der Waals surface area contributed by atoms with E-state index in [9.17, 15) is 9.59 Å². The van der Waals surface area contributed by atoms with E-state index < -0.39 is 5.60 Å². The highest BCUT2D eigenvalue weighted by molar-refractivity contribution is 5.97. The van der Waals surface area contributed by atoms with Crippen LogP contribution in [0.2, 0.25) is 0 Å². The van der Waals surface area contributed by atoms with Crippen LogP contribution < -0.4 is 0 Å². The molecule has 148 valence electrons. The van der Waals surface area contributed by atoms with Crippen LogP contribution in [-0.4, -0.2) is 54.0 Å². The SMILES string of the molecule is CC(C)(C)OC(=O)N1C2CCC1CC(C(=O)c1cnc(-n3ccnc3)nc1)C2. The number of piperidine rings is 1. The lowest BCUT2D eigenvalue weighted by atomic mass is 9.85. The zero-order valence-electron chi connectivity index (χ0n) is 16.4. The fourth-order valence-corrected chi connectivity index (χ4v) is 4.20. The summed E-state index contributed by atoms with van der Waals surface area (Å²) < 4.78 is 7.25. The third-order valence-electron chi connectivity index (χ3n) is 5.37. The highest BCUT2D eigenvalue weighted by Crippen LogP contribution is 2.40. The minimum Gasteiger partial charge on any atom is -0.444 e. The van der Waals surface area contributed by atoms with Crippen molar-refractivity contribution in [2.45, 2.75) is 64.1 Å². The van der Waals surface area contributed by atoms with Gasteiger partial charge in [-0.3, -0.25) is 9.36 Å². The molecule has 0 spiro atoms. The van der Waals surface area contributed by atoms with Crippen molar-refractivity contribution in [2.75, 3.05) is 0 Å². The molecule has 8 heteroatoms. The minimum atomic E-state index is -0.516. The van der Waals surface area contributed by atoms with Crippen molar-refractivity contribution >= 4 is 11.9 Å². The summed E-state index contributed by atoms with van der Waals surface area (Å²) in [6.45, 7) is 5.61. The van der Waals surface area contributed by atoms with Crippen LogP contribution in [0.1, 0.15) is 56.8 Å². The van der Waals surface area contributed by atoms with E-state index in [-0.39, 0.29) is 29.9 Å². The molecule has 0 saturated carbocycles. The predicted octanol–water partition coefficient (Wildman–Crippen LogP) is 3.02. The first kappa shape index (κ1) is 18.6. The van der Waals surface area contributed by atoms with Crippen molar-refractivity contribution in [2.24, 2.45) is 5.92 Å². The fourth-order valence-electron chi connectivity index (χ4n) is 4.20. The summed E-state index contributed by atoms with van der Waals surface area (Å²) in [6, 6.07) is 0.127. The molecule has 2 aromatic heterocycles. The molecule has 4 rings (SSSR count). The summed E-state index contributed by atoms with van der Waals surface area (Å²) in [4.78, 5) is 39.9. The highest BCUT2D eigenvalue weighted by Gasteiger charge is 2.46. The van der Waals surface area contributed by atoms with Gasteiger partial charge in [0.05, 0.1) is 5.56 Å². The van der Waals surface area contributed by atoms with Crippen LogP contribution >= 0.6 is 0 Å². The molecule has 1 amide bonds. The molecular weight excluding hydrogens is 358 g/mol. The first-order chi connectivity index (χ1) is 13.3. The molecule has 2 aromatic rings. The number of rotatable bonds is 3. The number of nitrogens with zero attached hydrogens (tertiary/aromatic N) is 5. The second-order valence-electron chi connectivity index (χ2n) is 8.55. The minimum absolute atomic E-state index is 0.0536. The number of fused-ring (bicyclic) bond motifs is 2. The molecule has 2 atom stereocenters. The standard InChI is InChI=1S/C20H25N5O3/c1-20(2,3)28-19(27)25-15-4-5-16(25)9-13(8-15)17(26)14-10-22-18(23-11-14)24-7-6-21-12-24/h6-7,10-13,15-16H,4-5,8-9H2,1-3H3. The van der Waals surface area contributed by atoms with Crippen LogP contribution in [0.5, 0.6) is 0 Å². The molecule has 0 aromatic carbocycles. The van der Waals surface area contributed by atoms with E-state index in [1.807, 2.05) is 25.7 Å². The van der Waals surface area contributed by atoms with Gasteiger partial charge in [0.2, 0.25) is 5.95 Å². The molecule has 28 heavy (non-hydrogen) atoms. The van der Waals surface area contributed by atoms with Gasteiger partial charge in [0.1, 0.15) is 11.9 Å². The number of aromatic nitrogens is 4. The van der Waals surface area contributed by atoms with Crippen molar-refractivity contribution in [3.8, 4) is 5.95 Å². The summed E-state index contributed by atoms with van der Waals surface area (Å²) >= 11 is 0. The topological polar surface area (TPSA) is 90.2 Å². The van der Waals surface area contributed by atoms with Gasteiger partial charge in [-0.15, -0.1) is 0 Å². The number of hydrogen-bond donors (Lipinski definition) is 0. The molecule has 0 radical (unpaired) electrons. The largest absolute Gasteiger partial charge is 0.444 e. The van der Waals surface area contributed by atoms with E-state index in [2.05, 4.69) is 15.0 Å². The second-order valence-corrected chi connectivity index (χ2v) is 8.55. The summed E-state index contributed by atoms with van der Waals surface area (Å²) in [6.07, 6.45) is 11.1. The maximum atomic E-state index is 13.0. The smallest absolute Gasteiger partial charge is 0.410 e. The lowest BCUT2D eigenvalue weighted by Crippen LogP contribution is -2.49. The third kappa shape index (κ3) is 3.63. The number of ketones is 1. The van der Waals surface area contributed by atoms with Gasteiger partial charge in [0.25, 0.3) is 0 Å². The van der Waals surface area contributed by atoms with E-state index >= 15 is 0 Å². The Morgan fingerprint density at radius 3 is 2.29 bits per heavy atom. The van der Waals surface area contributed by atoms with Gasteiger partial charge >= 0.3 is 6.09 Å². The number of imidazole rings is 1. The zero-order chi connectivity index (χ0) is 19.9. The quantitative estimate of drug-likeness (QED) is 0.757. The first-order valence-electron chi connectivity index (χ1n) is 9.68. The monoisotopic (exact) mass is 383 g/mol. The summed E-state index contributed by atoms with van der Waals surface area (Å²) in [5, 5.41) is 0. The Hall–Kier alpha value is -2.77. The Morgan fingerprint density at radius 2 is 1.75 bits per heavy atom. The van der Waals surface area contributed by atoms with E-state index in [4.69, 9.17) is 4.74 Å².